The molecule has 0 bridgehead atoms. The molecule has 0 aromatic heterocycles. The summed E-state index contributed by atoms with van der Waals surface area (Å²) in [7, 11) is 3.18. The number of carbonyl (C=O) groups is 2. The number of likely N-dealkylation sites (tertiary alicyclic amines) is 1. The third-order valence-corrected chi connectivity index (χ3v) is 5.83. The van der Waals surface area contributed by atoms with E-state index in [4.69, 9.17) is 9.47 Å². The molecule has 2 aliphatic rings. The zero-order valence-corrected chi connectivity index (χ0v) is 16.7. The number of carbonyl (C=O) groups excluding carboxylic acids is 2. The molecule has 2 heterocycles. The van der Waals surface area contributed by atoms with Gasteiger partial charge in [0.2, 0.25) is 0 Å². The Morgan fingerprint density at radius 1 is 1.17 bits per heavy atom. The summed E-state index contributed by atoms with van der Waals surface area (Å²) in [4.78, 5) is 38.6. The van der Waals surface area contributed by atoms with Crippen LogP contribution in [0.3, 0.4) is 0 Å². The first-order chi connectivity index (χ1) is 14.5. The minimum absolute atomic E-state index is 0.0326. The number of quaternary nitrogens is 1. The van der Waals surface area contributed by atoms with Crippen molar-refractivity contribution in [1.29, 1.82) is 0 Å². The number of methoxy groups -OCH3 is 2. The van der Waals surface area contributed by atoms with Gasteiger partial charge in [-0.2, -0.15) is 0 Å². The number of nitro benzene ring substituents is 1. The summed E-state index contributed by atoms with van der Waals surface area (Å²) >= 11 is 0. The highest BCUT2D eigenvalue weighted by molar-refractivity contribution is 6.23. The first kappa shape index (κ1) is 19.8. The molecule has 2 atom stereocenters. The average molecular weight is 412 g/mol. The number of benzene rings is 2. The minimum atomic E-state index is -0.624. The molecule has 1 fully saturated rings. The van der Waals surface area contributed by atoms with Crippen molar-refractivity contribution in [3.8, 4) is 11.5 Å². The molecule has 30 heavy (non-hydrogen) atoms. The number of amides is 2. The fourth-order valence-electron chi connectivity index (χ4n) is 4.40. The van der Waals surface area contributed by atoms with Gasteiger partial charge in [-0.3, -0.25) is 19.7 Å². The molecule has 9 heteroatoms. The Bertz CT molecular complexity index is 1040. The number of ether oxygens (including phenoxy) is 2. The van der Waals surface area contributed by atoms with Crippen molar-refractivity contribution >= 4 is 17.5 Å². The van der Waals surface area contributed by atoms with Crippen LogP contribution < -0.4 is 14.4 Å². The van der Waals surface area contributed by atoms with Gasteiger partial charge in [0.25, 0.3) is 17.5 Å². The van der Waals surface area contributed by atoms with Crippen LogP contribution in [0.1, 0.15) is 45.2 Å². The van der Waals surface area contributed by atoms with Gasteiger partial charge in [-0.05, 0) is 18.2 Å². The van der Waals surface area contributed by atoms with Gasteiger partial charge in [0, 0.05) is 25.0 Å². The van der Waals surface area contributed by atoms with Gasteiger partial charge in [-0.15, -0.1) is 0 Å². The second-order valence-electron chi connectivity index (χ2n) is 7.36. The maximum Gasteiger partial charge on any atom is 0.282 e. The normalized spacial score (nSPS) is 20.4. The summed E-state index contributed by atoms with van der Waals surface area (Å²) in [5.41, 5.74) is 0.614. The Labute approximate surface area is 172 Å². The second-order valence-corrected chi connectivity index (χ2v) is 7.36. The van der Waals surface area contributed by atoms with E-state index in [9.17, 15) is 19.7 Å². The Morgan fingerprint density at radius 3 is 2.67 bits per heavy atom. The third kappa shape index (κ3) is 3.17. The summed E-state index contributed by atoms with van der Waals surface area (Å²) in [6.07, 6.45) is 1.81. The summed E-state index contributed by atoms with van der Waals surface area (Å²) < 4.78 is 10.8. The van der Waals surface area contributed by atoms with E-state index in [1.54, 1.807) is 14.2 Å². The van der Waals surface area contributed by atoms with Crippen LogP contribution in [0, 0.1) is 10.1 Å². The quantitative estimate of drug-likeness (QED) is 0.439. The number of rotatable bonds is 6. The molecule has 2 amide bonds. The lowest BCUT2D eigenvalue weighted by atomic mass is 10.0. The van der Waals surface area contributed by atoms with E-state index < -0.39 is 16.7 Å². The SMILES string of the molecule is COc1ccc([C@@H]2CCC[NH+]2CN2C(=O)c3cccc([N+](=O)[O-])c3C2=O)c(OC)c1. The monoisotopic (exact) mass is 412 g/mol. The van der Waals surface area contributed by atoms with E-state index in [2.05, 4.69) is 0 Å². The molecule has 156 valence electrons. The minimum Gasteiger partial charge on any atom is -0.497 e. The van der Waals surface area contributed by atoms with Crippen molar-refractivity contribution < 1.29 is 28.9 Å². The largest absolute Gasteiger partial charge is 0.497 e. The van der Waals surface area contributed by atoms with Crippen LogP contribution in [0.15, 0.2) is 36.4 Å². The standard InChI is InChI=1S/C21H21N3O6/c1-29-13-8-9-14(18(11-13)30-2)16-7-4-10-22(16)12-23-20(25)15-5-3-6-17(24(27)28)19(15)21(23)26/h3,5-6,8-9,11,16H,4,7,10,12H2,1-2H3/p+1/t16-/m0/s1. The number of nitro groups is 1. The third-order valence-electron chi connectivity index (χ3n) is 5.83. The van der Waals surface area contributed by atoms with Crippen molar-refractivity contribution in [1.82, 2.24) is 4.90 Å². The fourth-order valence-corrected chi connectivity index (χ4v) is 4.40. The first-order valence-corrected chi connectivity index (χ1v) is 9.66. The maximum absolute atomic E-state index is 12.9. The van der Waals surface area contributed by atoms with E-state index >= 15 is 0 Å². The molecule has 0 spiro atoms. The van der Waals surface area contributed by atoms with Gasteiger partial charge in [-0.1, -0.05) is 6.07 Å². The highest BCUT2D eigenvalue weighted by atomic mass is 16.6. The van der Waals surface area contributed by atoms with Crippen LogP contribution in [-0.2, 0) is 0 Å². The molecule has 0 radical (unpaired) electrons. The van der Waals surface area contributed by atoms with Crippen LogP contribution in [0.25, 0.3) is 0 Å². The molecule has 1 saturated heterocycles. The Morgan fingerprint density at radius 2 is 1.97 bits per heavy atom. The first-order valence-electron chi connectivity index (χ1n) is 9.66. The number of hydrogen-bond acceptors (Lipinski definition) is 6. The van der Waals surface area contributed by atoms with E-state index in [-0.39, 0.29) is 29.5 Å². The van der Waals surface area contributed by atoms with Gasteiger partial charge >= 0.3 is 0 Å². The van der Waals surface area contributed by atoms with E-state index in [0.29, 0.717) is 11.5 Å². The number of nitrogens with zero attached hydrogens (tertiary/aromatic N) is 2. The second kappa shape index (κ2) is 7.75. The number of nitrogens with one attached hydrogen (secondary N) is 1. The van der Waals surface area contributed by atoms with Gasteiger partial charge in [0.15, 0.2) is 6.67 Å². The van der Waals surface area contributed by atoms with Crippen molar-refractivity contribution in [3.63, 3.8) is 0 Å². The molecule has 9 nitrogen and oxygen atoms in total. The summed E-state index contributed by atoms with van der Waals surface area (Å²) in [6.45, 7) is 0.915. The smallest absolute Gasteiger partial charge is 0.282 e. The van der Waals surface area contributed by atoms with Crippen LogP contribution in [0.5, 0.6) is 11.5 Å². The van der Waals surface area contributed by atoms with Crippen LogP contribution in [0.2, 0.25) is 0 Å². The molecular formula is C21H22N3O6+. The van der Waals surface area contributed by atoms with Gasteiger partial charge in [0.1, 0.15) is 23.1 Å². The van der Waals surface area contributed by atoms with Crippen molar-refractivity contribution in [2.75, 3.05) is 27.4 Å². The lowest BCUT2D eigenvalue weighted by Gasteiger charge is -2.26. The summed E-state index contributed by atoms with van der Waals surface area (Å²) in [5, 5.41) is 11.3. The van der Waals surface area contributed by atoms with Crippen molar-refractivity contribution in [2.24, 2.45) is 0 Å². The predicted molar refractivity (Wildman–Crippen MR) is 106 cm³/mol. The highest BCUT2D eigenvalue weighted by Gasteiger charge is 2.44. The molecule has 2 aliphatic heterocycles. The Balaban J connectivity index is 1.62. The topological polar surface area (TPSA) is 103 Å². The molecule has 4 rings (SSSR count). The van der Waals surface area contributed by atoms with E-state index in [1.807, 2.05) is 18.2 Å². The van der Waals surface area contributed by atoms with Crippen LogP contribution in [-0.4, -0.2) is 49.1 Å². The molecule has 1 unspecified atom stereocenters. The van der Waals surface area contributed by atoms with Gasteiger partial charge < -0.3 is 14.4 Å². The lowest BCUT2D eigenvalue weighted by molar-refractivity contribution is -0.925. The van der Waals surface area contributed by atoms with Gasteiger partial charge in [0.05, 0.1) is 36.8 Å². The fraction of sp³-hybridized carbons (Fsp3) is 0.333. The molecule has 2 aromatic carbocycles. The van der Waals surface area contributed by atoms with Crippen LogP contribution in [0.4, 0.5) is 5.69 Å². The predicted octanol–water partition coefficient (Wildman–Crippen LogP) is 1.59. The molecular weight excluding hydrogens is 390 g/mol. The zero-order chi connectivity index (χ0) is 21.4. The highest BCUT2D eigenvalue weighted by Crippen LogP contribution is 2.33. The zero-order valence-electron chi connectivity index (χ0n) is 16.7. The number of hydrogen-bond donors (Lipinski definition) is 1. The van der Waals surface area contributed by atoms with Crippen molar-refractivity contribution in [3.05, 3.63) is 63.2 Å². The van der Waals surface area contributed by atoms with Gasteiger partial charge in [-0.25, -0.2) is 4.90 Å². The summed E-state index contributed by atoms with van der Waals surface area (Å²) in [6, 6.07) is 9.80. The summed E-state index contributed by atoms with van der Waals surface area (Å²) in [5.74, 6) is 0.278. The maximum atomic E-state index is 12.9. The average Bonchev–Trinajstić information content (AvgIpc) is 3.31. The number of imide groups is 1. The van der Waals surface area contributed by atoms with Crippen molar-refractivity contribution in [2.45, 2.75) is 18.9 Å². The Hall–Kier alpha value is -3.46. The number of fused-ring (bicyclic) bond motifs is 1. The van der Waals surface area contributed by atoms with E-state index in [1.165, 1.54) is 18.2 Å². The van der Waals surface area contributed by atoms with Crippen LogP contribution >= 0.6 is 0 Å². The Kier molecular flexibility index (Phi) is 5.13. The molecule has 0 aliphatic carbocycles. The lowest BCUT2D eigenvalue weighted by Crippen LogP contribution is -3.12. The molecule has 2 aromatic rings. The van der Waals surface area contributed by atoms with E-state index in [0.717, 1.165) is 34.7 Å². The molecule has 0 saturated carbocycles. The molecule has 1 N–H and O–H groups in total.